The van der Waals surface area contributed by atoms with E-state index in [4.69, 9.17) is 0 Å². The normalized spacial score (nSPS) is 24.9. The van der Waals surface area contributed by atoms with Crippen LogP contribution in [0.2, 0.25) is 14.8 Å². The summed E-state index contributed by atoms with van der Waals surface area (Å²) in [6, 6.07) is 6.67. The number of aryl methyl sites for hydroxylation is 1. The van der Waals surface area contributed by atoms with Gasteiger partial charge in [-0.15, -0.1) is 0 Å². The van der Waals surface area contributed by atoms with Crippen LogP contribution in [0.3, 0.4) is 0 Å². The zero-order valence-electron chi connectivity index (χ0n) is 16.6. The molecule has 2 rings (SSSR count). The minimum atomic E-state index is -2.05. The van der Waals surface area contributed by atoms with Crippen molar-refractivity contribution in [2.24, 2.45) is 23.7 Å². The number of carbonyl (C=O) groups is 1. The van der Waals surface area contributed by atoms with E-state index in [1.807, 2.05) is 0 Å². The Kier molecular flexibility index (Phi) is 6.44. The van der Waals surface area contributed by atoms with Gasteiger partial charge >= 0.3 is 153 Å². The summed E-state index contributed by atoms with van der Waals surface area (Å²) in [6.45, 7) is 8.93. The van der Waals surface area contributed by atoms with Crippen LogP contribution in [0.5, 0.6) is 0 Å². The molecule has 0 heterocycles. The van der Waals surface area contributed by atoms with Crippen molar-refractivity contribution < 1.29 is 4.79 Å². The van der Waals surface area contributed by atoms with E-state index in [0.29, 0.717) is 17.8 Å². The average molecular weight is 436 g/mol. The average Bonchev–Trinajstić information content (AvgIpc) is 2.47. The zero-order valence-corrected chi connectivity index (χ0v) is 19.4. The van der Waals surface area contributed by atoms with E-state index >= 15 is 0 Å². The van der Waals surface area contributed by atoms with Crippen molar-refractivity contribution in [3.05, 3.63) is 23.8 Å². The number of hydrogen-bond acceptors (Lipinski definition) is 1. The van der Waals surface area contributed by atoms with Gasteiger partial charge in [0.15, 0.2) is 0 Å². The molecule has 0 bridgehead atoms. The Balaban J connectivity index is 2.16. The Morgan fingerprint density at radius 1 is 1.21 bits per heavy atom. The molecule has 3 heteroatoms. The molecule has 3 unspecified atom stereocenters. The summed E-state index contributed by atoms with van der Waals surface area (Å²) in [7, 11) is 0. The van der Waals surface area contributed by atoms with Crippen LogP contribution in [0.15, 0.2) is 18.2 Å². The van der Waals surface area contributed by atoms with Gasteiger partial charge in [-0.3, -0.25) is 0 Å². The van der Waals surface area contributed by atoms with Gasteiger partial charge in [0.1, 0.15) is 0 Å². The topological polar surface area (TPSA) is 29.1 Å². The van der Waals surface area contributed by atoms with E-state index in [2.05, 4.69) is 66.0 Å². The second-order valence-corrected chi connectivity index (χ2v) is 23.7. The summed E-state index contributed by atoms with van der Waals surface area (Å²) < 4.78 is 1.52. The SMILES string of the molecule is Cc1c[c]([Sn]([CH3])([CH3])[CH3])ccc1NC(=O)C1CC(C)CCC1C(C)C. The molecule has 1 N–H and O–H groups in total. The molecule has 1 aliphatic carbocycles. The van der Waals surface area contributed by atoms with Crippen molar-refractivity contribution in [3.8, 4) is 0 Å². The summed E-state index contributed by atoms with van der Waals surface area (Å²) in [5.41, 5.74) is 2.21. The second kappa shape index (κ2) is 7.80. The summed E-state index contributed by atoms with van der Waals surface area (Å²) >= 11 is -2.05. The van der Waals surface area contributed by atoms with Crippen molar-refractivity contribution in [2.45, 2.75) is 61.8 Å². The van der Waals surface area contributed by atoms with Crippen LogP contribution in [0.4, 0.5) is 5.69 Å². The monoisotopic (exact) mass is 437 g/mol. The summed E-state index contributed by atoms with van der Waals surface area (Å²) in [6.07, 6.45) is 3.48. The molecule has 0 spiro atoms. The number of hydrogen-bond donors (Lipinski definition) is 1. The van der Waals surface area contributed by atoms with Crippen molar-refractivity contribution in [2.75, 3.05) is 5.32 Å². The molecule has 0 aliphatic heterocycles. The summed E-state index contributed by atoms with van der Waals surface area (Å²) in [4.78, 5) is 20.3. The van der Waals surface area contributed by atoms with Gasteiger partial charge in [0.05, 0.1) is 0 Å². The van der Waals surface area contributed by atoms with Gasteiger partial charge in [-0.05, 0) is 0 Å². The predicted molar refractivity (Wildman–Crippen MR) is 108 cm³/mol. The molecule has 1 saturated carbocycles. The Hall–Kier alpha value is -0.511. The number of rotatable bonds is 4. The van der Waals surface area contributed by atoms with Crippen LogP contribution in [0, 0.1) is 30.6 Å². The van der Waals surface area contributed by atoms with Gasteiger partial charge in [0, 0.05) is 0 Å². The number of benzene rings is 1. The summed E-state index contributed by atoms with van der Waals surface area (Å²) in [5, 5.41) is 3.25. The third kappa shape index (κ3) is 4.77. The Bertz CT molecular complexity index is 588. The molecule has 1 aliphatic rings. The van der Waals surface area contributed by atoms with Crippen molar-refractivity contribution in [3.63, 3.8) is 0 Å². The fourth-order valence-corrected chi connectivity index (χ4v) is 7.52. The van der Waals surface area contributed by atoms with Crippen molar-refractivity contribution >= 4 is 33.6 Å². The fourth-order valence-electron chi connectivity index (χ4n) is 4.00. The van der Waals surface area contributed by atoms with Crippen LogP contribution in [-0.2, 0) is 4.79 Å². The van der Waals surface area contributed by atoms with Gasteiger partial charge in [-0.25, -0.2) is 0 Å². The molecule has 24 heavy (non-hydrogen) atoms. The first-order valence-corrected chi connectivity index (χ1v) is 19.5. The number of anilines is 1. The first-order valence-electron chi connectivity index (χ1n) is 9.51. The molecule has 0 aromatic heterocycles. The number of nitrogens with one attached hydrogen (secondary N) is 1. The van der Waals surface area contributed by atoms with Crippen LogP contribution in [-0.4, -0.2) is 24.3 Å². The Labute approximate surface area is 152 Å². The van der Waals surface area contributed by atoms with E-state index in [9.17, 15) is 4.79 Å². The fraction of sp³-hybridized carbons (Fsp3) is 0.667. The standard InChI is InChI=1S/C18H26NO.3CH3.Sn/c1-12(2)15-10-9-13(3)11-16(15)18(20)19-17-8-6-5-7-14(17)4;;;;/h6-8,12-13,15-16H,9-11H2,1-4H3,(H,19,20);3*1H3;. The van der Waals surface area contributed by atoms with Gasteiger partial charge in [-0.1, -0.05) is 0 Å². The molecule has 3 atom stereocenters. The van der Waals surface area contributed by atoms with E-state index in [1.54, 1.807) is 0 Å². The van der Waals surface area contributed by atoms with Gasteiger partial charge < -0.3 is 0 Å². The van der Waals surface area contributed by atoms with Crippen LogP contribution in [0.25, 0.3) is 0 Å². The quantitative estimate of drug-likeness (QED) is 0.648. The predicted octanol–water partition coefficient (Wildman–Crippen LogP) is 5.19. The van der Waals surface area contributed by atoms with E-state index in [1.165, 1.54) is 22.0 Å². The maximum absolute atomic E-state index is 13.0. The van der Waals surface area contributed by atoms with Crippen LogP contribution >= 0.6 is 0 Å². The molecular formula is C21H35NOSn. The number of carbonyl (C=O) groups excluding carboxylic acids is 1. The number of amides is 1. The molecule has 1 fully saturated rings. The Morgan fingerprint density at radius 2 is 1.88 bits per heavy atom. The second-order valence-electron chi connectivity index (χ2n) is 9.20. The Morgan fingerprint density at radius 3 is 2.42 bits per heavy atom. The summed E-state index contributed by atoms with van der Waals surface area (Å²) in [5.74, 6) is 2.15. The van der Waals surface area contributed by atoms with E-state index < -0.39 is 18.4 Å². The molecule has 2 nitrogen and oxygen atoms in total. The van der Waals surface area contributed by atoms with Gasteiger partial charge in [0.25, 0.3) is 0 Å². The molecule has 0 radical (unpaired) electrons. The third-order valence-electron chi connectivity index (χ3n) is 5.71. The van der Waals surface area contributed by atoms with Crippen molar-refractivity contribution in [1.82, 2.24) is 0 Å². The van der Waals surface area contributed by atoms with Crippen LogP contribution < -0.4 is 8.90 Å². The third-order valence-corrected chi connectivity index (χ3v) is 11.5. The van der Waals surface area contributed by atoms with Crippen molar-refractivity contribution in [1.29, 1.82) is 0 Å². The van der Waals surface area contributed by atoms with E-state index in [-0.39, 0.29) is 11.8 Å². The first kappa shape index (κ1) is 19.8. The maximum atomic E-state index is 13.0. The van der Waals surface area contributed by atoms with Crippen LogP contribution in [0.1, 0.15) is 45.6 Å². The molecule has 1 amide bonds. The molecule has 134 valence electrons. The first-order chi connectivity index (χ1) is 11.1. The molecule has 0 saturated heterocycles. The minimum absolute atomic E-state index is 0.162. The van der Waals surface area contributed by atoms with Gasteiger partial charge in [0.2, 0.25) is 0 Å². The zero-order chi connectivity index (χ0) is 18.1. The molecule has 1 aromatic rings. The molecule has 1 aromatic carbocycles. The molecular weight excluding hydrogens is 401 g/mol. The van der Waals surface area contributed by atoms with Gasteiger partial charge in [-0.2, -0.15) is 0 Å². The van der Waals surface area contributed by atoms with E-state index in [0.717, 1.165) is 12.1 Å².